The average molecular weight is 285 g/mol. The number of benzene rings is 1. The van der Waals surface area contributed by atoms with Crippen LogP contribution in [0.25, 0.3) is 0 Å². The predicted molar refractivity (Wildman–Crippen MR) is 67.5 cm³/mol. The normalized spacial score (nSPS) is 15.0. The Morgan fingerprint density at radius 3 is 2.45 bits per heavy atom. The molecule has 20 heavy (non-hydrogen) atoms. The highest BCUT2D eigenvalue weighted by Crippen LogP contribution is 2.25. The van der Waals surface area contributed by atoms with Crippen LogP contribution in [0.5, 0.6) is 0 Å². The van der Waals surface area contributed by atoms with Crippen LogP contribution in [0.1, 0.15) is 19.3 Å². The number of rotatable bonds is 2. The number of hydrogen-bond donors (Lipinski definition) is 1. The molecule has 1 aromatic carbocycles. The van der Waals surface area contributed by atoms with E-state index < -0.39 is 34.0 Å². The minimum atomic E-state index is -1.27. The first-order valence-corrected chi connectivity index (χ1v) is 6.18. The molecule has 1 saturated heterocycles. The van der Waals surface area contributed by atoms with Crippen molar-refractivity contribution in [1.82, 2.24) is 4.90 Å². The summed E-state index contributed by atoms with van der Waals surface area (Å²) in [4.78, 5) is 23.0. The molecule has 1 N–H and O–H groups in total. The van der Waals surface area contributed by atoms with E-state index in [2.05, 4.69) is 5.32 Å². The lowest BCUT2D eigenvalue weighted by Crippen LogP contribution is -2.38. The minimum absolute atomic E-state index is 0.393. The summed E-state index contributed by atoms with van der Waals surface area (Å²) in [6, 6.07) is 0.542. The predicted octanol–water partition coefficient (Wildman–Crippen LogP) is 2.89. The van der Waals surface area contributed by atoms with Gasteiger partial charge in [0.1, 0.15) is 5.82 Å². The molecule has 1 aliphatic heterocycles. The molecular weight excluding hydrogens is 272 g/mol. The number of amides is 2. The maximum absolute atomic E-state index is 13.5. The molecular formula is C12H13F2N3O3. The Hall–Kier alpha value is -2.25. The average Bonchev–Trinajstić information content (AvgIpc) is 2.42. The largest absolute Gasteiger partial charge is 0.325 e. The van der Waals surface area contributed by atoms with Crippen molar-refractivity contribution in [1.29, 1.82) is 0 Å². The second-order valence-corrected chi connectivity index (χ2v) is 4.52. The van der Waals surface area contributed by atoms with E-state index >= 15 is 0 Å². The molecule has 0 aliphatic carbocycles. The van der Waals surface area contributed by atoms with Gasteiger partial charge in [0.15, 0.2) is 0 Å². The highest BCUT2D eigenvalue weighted by molar-refractivity contribution is 5.89. The number of urea groups is 1. The van der Waals surface area contributed by atoms with Gasteiger partial charge in [0.2, 0.25) is 5.82 Å². The van der Waals surface area contributed by atoms with Crippen LogP contribution in [0, 0.1) is 21.7 Å². The lowest BCUT2D eigenvalue weighted by molar-refractivity contribution is -0.387. The van der Waals surface area contributed by atoms with Crippen molar-refractivity contribution in [2.45, 2.75) is 19.3 Å². The topological polar surface area (TPSA) is 75.5 Å². The van der Waals surface area contributed by atoms with Gasteiger partial charge in [-0.3, -0.25) is 10.1 Å². The number of hydrogen-bond acceptors (Lipinski definition) is 3. The molecule has 1 aliphatic rings. The summed E-state index contributed by atoms with van der Waals surface area (Å²) in [5.74, 6) is -2.32. The number of piperidine rings is 1. The van der Waals surface area contributed by atoms with Gasteiger partial charge in [-0.25, -0.2) is 9.18 Å². The molecule has 1 fully saturated rings. The van der Waals surface area contributed by atoms with Crippen molar-refractivity contribution in [3.63, 3.8) is 0 Å². The molecule has 8 heteroatoms. The highest BCUT2D eigenvalue weighted by atomic mass is 19.1. The van der Waals surface area contributed by atoms with Crippen molar-refractivity contribution in [2.24, 2.45) is 0 Å². The number of carbonyl (C=O) groups excluding carboxylic acids is 1. The number of likely N-dealkylation sites (tertiary alicyclic amines) is 1. The van der Waals surface area contributed by atoms with Gasteiger partial charge < -0.3 is 10.2 Å². The van der Waals surface area contributed by atoms with E-state index in [0.29, 0.717) is 25.2 Å². The van der Waals surface area contributed by atoms with Crippen LogP contribution in [0.2, 0.25) is 0 Å². The lowest BCUT2D eigenvalue weighted by atomic mass is 10.1. The SMILES string of the molecule is O=C(Nc1cc([N+](=O)[O-])c(F)cc1F)N1CCCCC1. The van der Waals surface area contributed by atoms with Gasteiger partial charge in [0.05, 0.1) is 10.6 Å². The number of halogens is 2. The standard InChI is InChI=1S/C12H13F2N3O3/c13-8-6-9(14)11(17(19)20)7-10(8)15-12(18)16-4-2-1-3-5-16/h6-7H,1-5H2,(H,15,18). The van der Waals surface area contributed by atoms with Gasteiger partial charge >= 0.3 is 11.7 Å². The van der Waals surface area contributed by atoms with Crippen LogP contribution in [-0.4, -0.2) is 28.9 Å². The smallest absolute Gasteiger partial charge is 0.321 e. The summed E-state index contributed by atoms with van der Waals surface area (Å²) >= 11 is 0. The summed E-state index contributed by atoms with van der Waals surface area (Å²) in [6.45, 7) is 1.10. The van der Waals surface area contributed by atoms with Gasteiger partial charge in [-0.1, -0.05) is 0 Å². The van der Waals surface area contributed by atoms with Gasteiger partial charge in [0, 0.05) is 25.2 Å². The monoisotopic (exact) mass is 285 g/mol. The summed E-state index contributed by atoms with van der Waals surface area (Å²) in [5.41, 5.74) is -1.27. The van der Waals surface area contributed by atoms with Crippen LogP contribution < -0.4 is 5.32 Å². The van der Waals surface area contributed by atoms with E-state index in [4.69, 9.17) is 0 Å². The van der Waals surface area contributed by atoms with Crippen LogP contribution in [0.15, 0.2) is 12.1 Å². The third-order valence-corrected chi connectivity index (χ3v) is 3.12. The quantitative estimate of drug-likeness (QED) is 0.670. The molecule has 2 amide bonds. The van der Waals surface area contributed by atoms with Gasteiger partial charge in [-0.15, -0.1) is 0 Å². The van der Waals surface area contributed by atoms with E-state index in [1.807, 2.05) is 0 Å². The van der Waals surface area contributed by atoms with Crippen LogP contribution >= 0.6 is 0 Å². The number of nitrogens with zero attached hydrogens (tertiary/aromatic N) is 2. The summed E-state index contributed by atoms with van der Waals surface area (Å²) in [7, 11) is 0. The van der Waals surface area contributed by atoms with Crippen molar-refractivity contribution < 1.29 is 18.5 Å². The molecule has 0 radical (unpaired) electrons. The van der Waals surface area contributed by atoms with E-state index in [0.717, 1.165) is 19.3 Å². The third-order valence-electron chi connectivity index (χ3n) is 3.12. The van der Waals surface area contributed by atoms with Crippen molar-refractivity contribution in [3.05, 3.63) is 33.9 Å². The Morgan fingerprint density at radius 2 is 1.85 bits per heavy atom. The Morgan fingerprint density at radius 1 is 1.20 bits per heavy atom. The number of nitro groups is 1. The van der Waals surface area contributed by atoms with Crippen LogP contribution in [0.3, 0.4) is 0 Å². The van der Waals surface area contributed by atoms with E-state index in [9.17, 15) is 23.7 Å². The third kappa shape index (κ3) is 3.01. The molecule has 1 heterocycles. The lowest BCUT2D eigenvalue weighted by Gasteiger charge is -2.26. The van der Waals surface area contributed by atoms with E-state index in [-0.39, 0.29) is 0 Å². The Balaban J connectivity index is 2.18. The number of nitro benzene ring substituents is 1. The van der Waals surface area contributed by atoms with Crippen molar-refractivity contribution >= 4 is 17.4 Å². The van der Waals surface area contributed by atoms with Crippen LogP contribution in [0.4, 0.5) is 25.0 Å². The zero-order valence-corrected chi connectivity index (χ0v) is 10.6. The fourth-order valence-corrected chi connectivity index (χ4v) is 2.06. The van der Waals surface area contributed by atoms with E-state index in [1.54, 1.807) is 0 Å². The first-order valence-electron chi connectivity index (χ1n) is 6.18. The molecule has 0 atom stereocenters. The highest BCUT2D eigenvalue weighted by Gasteiger charge is 2.22. The Kier molecular flexibility index (Phi) is 4.11. The molecule has 0 saturated carbocycles. The minimum Gasteiger partial charge on any atom is -0.325 e. The first kappa shape index (κ1) is 14.2. The number of anilines is 1. The molecule has 0 aromatic heterocycles. The molecule has 0 bridgehead atoms. The van der Waals surface area contributed by atoms with Crippen molar-refractivity contribution in [3.8, 4) is 0 Å². The second-order valence-electron chi connectivity index (χ2n) is 4.52. The first-order chi connectivity index (χ1) is 9.49. The van der Waals surface area contributed by atoms with Gasteiger partial charge in [0.25, 0.3) is 0 Å². The molecule has 1 aromatic rings. The second kappa shape index (κ2) is 5.81. The summed E-state index contributed by atoms with van der Waals surface area (Å²) < 4.78 is 26.7. The number of carbonyl (C=O) groups is 1. The summed E-state index contributed by atoms with van der Waals surface area (Å²) in [6.07, 6.45) is 2.75. The maximum atomic E-state index is 13.5. The Bertz CT molecular complexity index is 545. The molecule has 6 nitrogen and oxygen atoms in total. The fraction of sp³-hybridized carbons (Fsp3) is 0.417. The fourth-order valence-electron chi connectivity index (χ4n) is 2.06. The maximum Gasteiger partial charge on any atom is 0.321 e. The molecule has 108 valence electrons. The van der Waals surface area contributed by atoms with E-state index in [1.165, 1.54) is 4.90 Å². The zero-order valence-electron chi connectivity index (χ0n) is 10.6. The van der Waals surface area contributed by atoms with Crippen molar-refractivity contribution in [2.75, 3.05) is 18.4 Å². The Labute approximate surface area is 113 Å². The molecule has 0 spiro atoms. The number of nitrogens with one attached hydrogen (secondary N) is 1. The summed E-state index contributed by atoms with van der Waals surface area (Å²) in [5, 5.41) is 12.8. The van der Waals surface area contributed by atoms with Gasteiger partial charge in [-0.05, 0) is 19.3 Å². The molecule has 2 rings (SSSR count). The molecule has 0 unspecified atom stereocenters. The van der Waals surface area contributed by atoms with Gasteiger partial charge in [-0.2, -0.15) is 4.39 Å². The zero-order chi connectivity index (χ0) is 14.7. The van der Waals surface area contributed by atoms with Crippen LogP contribution in [-0.2, 0) is 0 Å².